The Morgan fingerprint density at radius 1 is 1.23 bits per heavy atom. The molecular weight excluding hydrogens is 356 g/mol. The van der Waals surface area contributed by atoms with Crippen LogP contribution in [0.25, 0.3) is 0 Å². The Morgan fingerprint density at radius 3 is 2.50 bits per heavy atom. The first-order chi connectivity index (χ1) is 12.3. The summed E-state index contributed by atoms with van der Waals surface area (Å²) < 4.78 is 29.5. The van der Waals surface area contributed by atoms with Gasteiger partial charge in [0.1, 0.15) is 17.6 Å². The first kappa shape index (κ1) is 18.2. The molecule has 0 atom stereocenters. The maximum absolute atomic E-state index is 12.7. The second-order valence-electron chi connectivity index (χ2n) is 6.49. The highest BCUT2D eigenvalue weighted by Gasteiger charge is 2.34. The van der Waals surface area contributed by atoms with E-state index < -0.39 is 15.7 Å². The van der Waals surface area contributed by atoms with Gasteiger partial charge in [-0.25, -0.2) is 4.98 Å². The van der Waals surface area contributed by atoms with Gasteiger partial charge in [0, 0.05) is 32.4 Å². The average Bonchev–Trinajstić information content (AvgIpc) is 3.17. The highest BCUT2D eigenvalue weighted by atomic mass is 32.2. The van der Waals surface area contributed by atoms with Gasteiger partial charge < -0.3 is 4.90 Å². The van der Waals surface area contributed by atoms with E-state index in [1.54, 1.807) is 26.0 Å². The van der Waals surface area contributed by atoms with Gasteiger partial charge >= 0.3 is 0 Å². The van der Waals surface area contributed by atoms with Crippen LogP contribution in [0.5, 0.6) is 0 Å². The molecule has 1 aliphatic rings. The van der Waals surface area contributed by atoms with Crippen LogP contribution in [0.15, 0.2) is 24.5 Å². The monoisotopic (exact) mass is 376 g/mol. The zero-order valence-electron chi connectivity index (χ0n) is 14.5. The van der Waals surface area contributed by atoms with Gasteiger partial charge in [-0.1, -0.05) is 0 Å². The van der Waals surface area contributed by atoms with Crippen LogP contribution >= 0.6 is 0 Å². The molecule has 11 heteroatoms. The summed E-state index contributed by atoms with van der Waals surface area (Å²) in [6.07, 6.45) is 3.01. The van der Waals surface area contributed by atoms with Gasteiger partial charge in [-0.3, -0.25) is 0 Å². The second kappa shape index (κ2) is 6.99. The number of anilines is 1. The van der Waals surface area contributed by atoms with E-state index in [1.807, 2.05) is 11.0 Å². The number of hydrogen-bond acceptors (Lipinski definition) is 7. The Hall–Kier alpha value is -2.55. The Labute approximate surface area is 152 Å². The van der Waals surface area contributed by atoms with Gasteiger partial charge in [0.05, 0.1) is 17.3 Å². The Morgan fingerprint density at radius 2 is 1.96 bits per heavy atom. The average molecular weight is 376 g/mol. The van der Waals surface area contributed by atoms with E-state index in [0.717, 1.165) is 5.82 Å². The topological polar surface area (TPSA) is 131 Å². The SMILES string of the molecule is CC(C)(NS(=O)(=O)N1CCN(c2ccc(C#N)cn2)CC1)c1cn[nH]n1. The van der Waals surface area contributed by atoms with Crippen molar-refractivity contribution in [3.8, 4) is 6.07 Å². The van der Waals surface area contributed by atoms with Crippen molar-refractivity contribution in [2.75, 3.05) is 31.1 Å². The molecule has 0 bridgehead atoms. The molecule has 0 saturated carbocycles. The van der Waals surface area contributed by atoms with E-state index >= 15 is 0 Å². The molecule has 138 valence electrons. The zero-order chi connectivity index (χ0) is 18.8. The molecule has 0 aromatic carbocycles. The van der Waals surface area contributed by atoms with E-state index in [-0.39, 0.29) is 0 Å². The Balaban J connectivity index is 1.64. The van der Waals surface area contributed by atoms with E-state index in [2.05, 4.69) is 25.1 Å². The smallest absolute Gasteiger partial charge is 0.280 e. The van der Waals surface area contributed by atoms with Crippen LogP contribution in [0.2, 0.25) is 0 Å². The van der Waals surface area contributed by atoms with E-state index in [4.69, 9.17) is 5.26 Å². The number of rotatable bonds is 5. The summed E-state index contributed by atoms with van der Waals surface area (Å²) in [6, 6.07) is 5.50. The quantitative estimate of drug-likeness (QED) is 0.749. The van der Waals surface area contributed by atoms with Crippen molar-refractivity contribution < 1.29 is 8.42 Å². The molecule has 0 spiro atoms. The summed E-state index contributed by atoms with van der Waals surface area (Å²) in [6.45, 7) is 5.19. The maximum Gasteiger partial charge on any atom is 0.280 e. The standard InChI is InChI=1S/C15H20N8O2S/c1-15(2,13-11-18-21-19-13)20-26(24,25)23-7-5-22(6-8-23)14-4-3-12(9-16)10-17-14/h3-4,10-11,20H,5-8H2,1-2H3,(H,18,19,21). The van der Waals surface area contributed by atoms with Crippen LogP contribution in [0.4, 0.5) is 5.82 Å². The number of hydrogen-bond donors (Lipinski definition) is 2. The largest absolute Gasteiger partial charge is 0.354 e. The minimum atomic E-state index is -3.67. The first-order valence-corrected chi connectivity index (χ1v) is 9.52. The van der Waals surface area contributed by atoms with Crippen molar-refractivity contribution in [1.82, 2.24) is 29.4 Å². The molecule has 3 rings (SSSR count). The minimum absolute atomic E-state index is 0.339. The lowest BCUT2D eigenvalue weighted by Crippen LogP contribution is -2.55. The van der Waals surface area contributed by atoms with Crippen molar-refractivity contribution in [1.29, 1.82) is 5.26 Å². The number of nitrogens with zero attached hydrogens (tertiary/aromatic N) is 6. The fraction of sp³-hybridized carbons (Fsp3) is 0.467. The third kappa shape index (κ3) is 3.82. The van der Waals surface area contributed by atoms with E-state index in [9.17, 15) is 8.42 Å². The molecule has 0 aliphatic carbocycles. The summed E-state index contributed by atoms with van der Waals surface area (Å²) in [4.78, 5) is 6.25. The van der Waals surface area contributed by atoms with E-state index in [1.165, 1.54) is 16.7 Å². The Bertz CT molecular complexity index is 879. The van der Waals surface area contributed by atoms with Crippen molar-refractivity contribution in [3.63, 3.8) is 0 Å². The fourth-order valence-corrected chi connectivity index (χ4v) is 4.26. The summed E-state index contributed by atoms with van der Waals surface area (Å²) in [5, 5.41) is 19.0. The summed E-state index contributed by atoms with van der Waals surface area (Å²) in [5.41, 5.74) is 0.133. The zero-order valence-corrected chi connectivity index (χ0v) is 15.4. The van der Waals surface area contributed by atoms with Gasteiger partial charge in [-0.15, -0.1) is 0 Å². The van der Waals surface area contributed by atoms with Gasteiger partial charge in [0.25, 0.3) is 10.2 Å². The van der Waals surface area contributed by atoms with Crippen LogP contribution in [-0.2, 0) is 15.7 Å². The lowest BCUT2D eigenvalue weighted by molar-refractivity contribution is 0.358. The predicted molar refractivity (Wildman–Crippen MR) is 94.2 cm³/mol. The van der Waals surface area contributed by atoms with Crippen LogP contribution in [0, 0.1) is 11.3 Å². The molecule has 0 amide bonds. The number of aromatic nitrogens is 4. The number of H-pyrrole nitrogens is 1. The molecule has 3 heterocycles. The highest BCUT2D eigenvalue weighted by Crippen LogP contribution is 2.20. The normalized spacial score (nSPS) is 16.4. The third-order valence-electron chi connectivity index (χ3n) is 4.22. The molecule has 2 N–H and O–H groups in total. The Kier molecular flexibility index (Phi) is 4.90. The molecule has 2 aromatic rings. The molecule has 2 aromatic heterocycles. The number of nitrogens with one attached hydrogen (secondary N) is 2. The summed E-state index contributed by atoms with van der Waals surface area (Å²) in [5.74, 6) is 0.733. The van der Waals surface area contributed by atoms with Crippen LogP contribution in [0.1, 0.15) is 25.1 Å². The van der Waals surface area contributed by atoms with Gasteiger partial charge in [-0.2, -0.15) is 38.1 Å². The fourth-order valence-electron chi connectivity index (χ4n) is 2.74. The van der Waals surface area contributed by atoms with Gasteiger partial charge in [0.2, 0.25) is 0 Å². The third-order valence-corrected chi connectivity index (χ3v) is 6.03. The van der Waals surface area contributed by atoms with Gasteiger partial charge in [0.15, 0.2) is 0 Å². The molecule has 1 fully saturated rings. The molecule has 10 nitrogen and oxygen atoms in total. The van der Waals surface area contributed by atoms with Gasteiger partial charge in [-0.05, 0) is 26.0 Å². The summed E-state index contributed by atoms with van der Waals surface area (Å²) in [7, 11) is -3.67. The highest BCUT2D eigenvalue weighted by molar-refractivity contribution is 7.87. The first-order valence-electron chi connectivity index (χ1n) is 8.08. The second-order valence-corrected chi connectivity index (χ2v) is 8.16. The lowest BCUT2D eigenvalue weighted by Gasteiger charge is -2.36. The number of aromatic amines is 1. The van der Waals surface area contributed by atoms with Crippen molar-refractivity contribution in [2.24, 2.45) is 0 Å². The number of nitriles is 1. The van der Waals surface area contributed by atoms with Crippen LogP contribution in [-0.4, -0.2) is 59.3 Å². The number of piperazine rings is 1. The minimum Gasteiger partial charge on any atom is -0.354 e. The molecule has 1 saturated heterocycles. The summed E-state index contributed by atoms with van der Waals surface area (Å²) >= 11 is 0. The number of pyridine rings is 1. The lowest BCUT2D eigenvalue weighted by atomic mass is 10.0. The molecule has 0 unspecified atom stereocenters. The molecule has 0 radical (unpaired) electrons. The molecular formula is C15H20N8O2S. The molecule has 1 aliphatic heterocycles. The molecule has 26 heavy (non-hydrogen) atoms. The maximum atomic E-state index is 12.7. The van der Waals surface area contributed by atoms with Crippen molar-refractivity contribution in [2.45, 2.75) is 19.4 Å². The van der Waals surface area contributed by atoms with Crippen LogP contribution < -0.4 is 9.62 Å². The van der Waals surface area contributed by atoms with E-state index in [0.29, 0.717) is 37.4 Å². The van der Waals surface area contributed by atoms with Crippen molar-refractivity contribution >= 4 is 16.0 Å². The predicted octanol–water partition coefficient (Wildman–Crippen LogP) is -0.0369. The van der Waals surface area contributed by atoms with Crippen LogP contribution in [0.3, 0.4) is 0 Å². The van der Waals surface area contributed by atoms with Crippen molar-refractivity contribution in [3.05, 3.63) is 35.8 Å².